The van der Waals surface area contributed by atoms with Crippen LogP contribution >= 0.6 is 0 Å². The molecule has 0 unspecified atom stereocenters. The number of hydrazine groups is 1. The zero-order chi connectivity index (χ0) is 29.9. The number of aromatic nitrogens is 2. The van der Waals surface area contributed by atoms with Gasteiger partial charge in [0.15, 0.2) is 0 Å². The Balaban J connectivity index is 1.29. The normalized spacial score (nSPS) is 17.2. The number of benzene rings is 1. The average molecular weight is 574 g/mol. The summed E-state index contributed by atoms with van der Waals surface area (Å²) in [5.74, 6) is 6.99. The number of hydrogen-bond donors (Lipinski definition) is 3. The third-order valence-corrected chi connectivity index (χ3v) is 7.56. The van der Waals surface area contributed by atoms with Gasteiger partial charge in [0, 0.05) is 67.1 Å². The Kier molecular flexibility index (Phi) is 8.56. The zero-order valence-corrected chi connectivity index (χ0v) is 24.4. The number of piperidine rings is 1. The Hall–Kier alpha value is -4.27. The second-order valence-electron chi connectivity index (χ2n) is 11.8. The number of nitrogens with one attached hydrogen (secondary N) is 1. The molecular weight excluding hydrogens is 534 g/mol. The summed E-state index contributed by atoms with van der Waals surface area (Å²) in [5, 5.41) is 12.3. The van der Waals surface area contributed by atoms with Gasteiger partial charge in [-0.1, -0.05) is 6.07 Å². The van der Waals surface area contributed by atoms with E-state index in [4.69, 9.17) is 25.8 Å². The average Bonchev–Trinajstić information content (AvgIpc) is 3.40. The smallest absolute Gasteiger partial charge is 0.410 e. The van der Waals surface area contributed by atoms with Crippen LogP contribution in [0.5, 0.6) is 5.75 Å². The van der Waals surface area contributed by atoms with Gasteiger partial charge in [-0.15, -0.1) is 0 Å². The van der Waals surface area contributed by atoms with Gasteiger partial charge >= 0.3 is 6.09 Å². The second-order valence-corrected chi connectivity index (χ2v) is 11.8. The van der Waals surface area contributed by atoms with E-state index < -0.39 is 5.60 Å². The summed E-state index contributed by atoms with van der Waals surface area (Å²) in [6.07, 6.45) is 8.08. The monoisotopic (exact) mass is 573 g/mol. The number of likely N-dealkylation sites (tertiary alicyclic amines) is 1. The molecule has 0 spiro atoms. The van der Waals surface area contributed by atoms with E-state index in [1.165, 1.54) is 0 Å². The zero-order valence-electron chi connectivity index (χ0n) is 24.4. The van der Waals surface area contributed by atoms with E-state index in [1.54, 1.807) is 22.3 Å². The lowest BCUT2D eigenvalue weighted by Crippen LogP contribution is -2.48. The van der Waals surface area contributed by atoms with Crippen molar-refractivity contribution >= 4 is 22.8 Å². The molecule has 2 aliphatic heterocycles. The summed E-state index contributed by atoms with van der Waals surface area (Å²) in [6.45, 7) is 8.04. The number of carbonyl (C=O) groups excluding carboxylic acids is 1. The number of pyridine rings is 1. The fourth-order valence-electron chi connectivity index (χ4n) is 5.27. The van der Waals surface area contributed by atoms with Crippen molar-refractivity contribution < 1.29 is 19.0 Å². The van der Waals surface area contributed by atoms with E-state index >= 15 is 0 Å². The van der Waals surface area contributed by atoms with Crippen LogP contribution in [0.3, 0.4) is 0 Å². The molecule has 2 aromatic heterocycles. The van der Waals surface area contributed by atoms with Gasteiger partial charge in [-0.2, -0.15) is 5.26 Å². The Labute approximate surface area is 246 Å². The minimum atomic E-state index is -0.528. The molecule has 222 valence electrons. The van der Waals surface area contributed by atoms with Gasteiger partial charge in [-0.05, 0) is 57.4 Å². The molecule has 0 bridgehead atoms. The first-order valence-electron chi connectivity index (χ1n) is 14.4. The Morgan fingerprint density at radius 3 is 2.64 bits per heavy atom. The number of ether oxygens (including phenoxy) is 3. The van der Waals surface area contributed by atoms with Crippen LogP contribution in [0.1, 0.15) is 57.6 Å². The topological polar surface area (TPSA) is 156 Å². The second kappa shape index (κ2) is 12.3. The lowest BCUT2D eigenvalue weighted by molar-refractivity contribution is 0.0165. The number of rotatable bonds is 6. The van der Waals surface area contributed by atoms with Gasteiger partial charge in [0.25, 0.3) is 0 Å². The Bertz CT molecular complexity index is 1490. The van der Waals surface area contributed by atoms with Gasteiger partial charge in [-0.25, -0.2) is 15.6 Å². The van der Waals surface area contributed by atoms with Crippen LogP contribution in [-0.2, 0) is 9.47 Å². The molecule has 2 saturated heterocycles. The number of amides is 1. The number of fused-ring (bicyclic) bond motifs is 1. The SMILES string of the molecule is CC(C)(C)OC(=O)N1CCC(N(N)/C=C(\N)c2cnc3[nH]cc(-c4ccc(OC5CCOCC5)c(C#N)c4)c3c2)CC1. The molecule has 1 aromatic carbocycles. The van der Waals surface area contributed by atoms with Gasteiger partial charge in [0.1, 0.15) is 29.2 Å². The lowest BCUT2D eigenvalue weighted by Gasteiger charge is -2.36. The highest BCUT2D eigenvalue weighted by Crippen LogP contribution is 2.33. The number of nitrogens with two attached hydrogens (primary N) is 2. The summed E-state index contributed by atoms with van der Waals surface area (Å²) in [6, 6.07) is 9.93. The molecule has 11 nitrogen and oxygen atoms in total. The van der Waals surface area contributed by atoms with Gasteiger partial charge < -0.3 is 34.8 Å². The number of H-pyrrole nitrogens is 1. The van der Waals surface area contributed by atoms with Crippen molar-refractivity contribution in [3.05, 3.63) is 54.0 Å². The molecule has 3 aromatic rings. The van der Waals surface area contributed by atoms with E-state index in [0.717, 1.165) is 34.9 Å². The fraction of sp³-hybridized carbons (Fsp3) is 0.452. The van der Waals surface area contributed by atoms with Crippen molar-refractivity contribution in [2.75, 3.05) is 26.3 Å². The third-order valence-electron chi connectivity index (χ3n) is 7.56. The predicted molar refractivity (Wildman–Crippen MR) is 160 cm³/mol. The van der Waals surface area contributed by atoms with Crippen molar-refractivity contribution in [2.45, 2.75) is 64.2 Å². The maximum Gasteiger partial charge on any atom is 0.410 e. The molecule has 0 saturated carbocycles. The molecule has 42 heavy (non-hydrogen) atoms. The fourth-order valence-corrected chi connectivity index (χ4v) is 5.27. The largest absolute Gasteiger partial charge is 0.489 e. The van der Waals surface area contributed by atoms with Crippen molar-refractivity contribution in [1.29, 1.82) is 5.26 Å². The summed E-state index contributed by atoms with van der Waals surface area (Å²) >= 11 is 0. The molecule has 0 radical (unpaired) electrons. The molecule has 11 heteroatoms. The van der Waals surface area contributed by atoms with Crippen molar-refractivity contribution in [3.63, 3.8) is 0 Å². The first-order chi connectivity index (χ1) is 20.1. The molecule has 0 aliphatic carbocycles. The Morgan fingerprint density at radius 1 is 1.21 bits per heavy atom. The first kappa shape index (κ1) is 29.2. The summed E-state index contributed by atoms with van der Waals surface area (Å²) in [7, 11) is 0. The van der Waals surface area contributed by atoms with E-state index in [9.17, 15) is 10.1 Å². The van der Waals surface area contributed by atoms with E-state index in [-0.39, 0.29) is 18.2 Å². The number of nitrogens with zero attached hydrogens (tertiary/aromatic N) is 4. The Morgan fingerprint density at radius 2 is 1.95 bits per heavy atom. The maximum absolute atomic E-state index is 12.4. The first-order valence-corrected chi connectivity index (χ1v) is 14.4. The van der Waals surface area contributed by atoms with Crippen LogP contribution in [0.2, 0.25) is 0 Å². The summed E-state index contributed by atoms with van der Waals surface area (Å²) in [5.41, 5.74) is 10.1. The molecular formula is C31H39N7O4. The lowest BCUT2D eigenvalue weighted by atomic mass is 10.0. The minimum Gasteiger partial charge on any atom is -0.489 e. The van der Waals surface area contributed by atoms with Crippen molar-refractivity contribution in [2.24, 2.45) is 11.6 Å². The number of aromatic amines is 1. The highest BCUT2D eigenvalue weighted by molar-refractivity contribution is 5.95. The third kappa shape index (κ3) is 6.78. The van der Waals surface area contributed by atoms with E-state index in [2.05, 4.69) is 16.0 Å². The standard InChI is InChI=1S/C31H39N7O4/c1-31(2,3)42-30(39)37-10-6-23(7-11-37)38(34)19-27(33)22-15-25-26(18-36-29(25)35-17-22)20-4-5-28(21(14-20)16-32)41-24-8-12-40-13-9-24/h4-5,14-15,17-19,23-24H,6-13,33-34H2,1-3H3,(H,35,36)/b27-19-. The van der Waals surface area contributed by atoms with E-state index in [0.29, 0.717) is 61.8 Å². The predicted octanol–water partition coefficient (Wildman–Crippen LogP) is 4.49. The number of carbonyl (C=O) groups is 1. The van der Waals surface area contributed by atoms with Gasteiger partial charge in [-0.3, -0.25) is 0 Å². The quantitative estimate of drug-likeness (QED) is 0.286. The number of hydrogen-bond acceptors (Lipinski definition) is 9. The van der Waals surface area contributed by atoms with Crippen LogP contribution in [0.15, 0.2) is 42.9 Å². The highest BCUT2D eigenvalue weighted by atomic mass is 16.6. The van der Waals surface area contributed by atoms with E-state index in [1.807, 2.05) is 51.2 Å². The molecule has 5 N–H and O–H groups in total. The van der Waals surface area contributed by atoms with Gasteiger partial charge in [0.05, 0.1) is 24.5 Å². The summed E-state index contributed by atoms with van der Waals surface area (Å²) < 4.78 is 17.0. The van der Waals surface area contributed by atoms with Crippen LogP contribution in [0.25, 0.3) is 27.9 Å². The molecule has 5 rings (SSSR count). The van der Waals surface area contributed by atoms with Crippen LogP contribution < -0.4 is 16.3 Å². The van der Waals surface area contributed by atoms with Crippen LogP contribution in [0.4, 0.5) is 4.79 Å². The molecule has 2 fully saturated rings. The molecule has 4 heterocycles. The number of nitriles is 1. The maximum atomic E-state index is 12.4. The van der Waals surface area contributed by atoms with Crippen LogP contribution in [-0.4, -0.2) is 70.0 Å². The van der Waals surface area contributed by atoms with Gasteiger partial charge in [0.2, 0.25) is 0 Å². The van der Waals surface area contributed by atoms with Crippen molar-refractivity contribution in [1.82, 2.24) is 19.9 Å². The summed E-state index contributed by atoms with van der Waals surface area (Å²) in [4.78, 5) is 21.9. The molecule has 1 amide bonds. The molecule has 0 atom stereocenters. The van der Waals surface area contributed by atoms with Crippen LogP contribution in [0, 0.1) is 11.3 Å². The molecule has 2 aliphatic rings. The van der Waals surface area contributed by atoms with Crippen molar-refractivity contribution in [3.8, 4) is 22.9 Å². The highest BCUT2D eigenvalue weighted by Gasteiger charge is 2.28. The minimum absolute atomic E-state index is 0.0352.